The number of guanidine groups is 1. The molecule has 3 N–H and O–H groups in total. The van der Waals surface area contributed by atoms with Gasteiger partial charge in [0.15, 0.2) is 5.96 Å². The van der Waals surface area contributed by atoms with E-state index in [9.17, 15) is 0 Å². The van der Waals surface area contributed by atoms with Gasteiger partial charge in [-0.2, -0.15) is 5.10 Å². The Bertz CT molecular complexity index is 606. The molecule has 1 heterocycles. The average Bonchev–Trinajstić information content (AvgIpc) is 3.14. The zero-order valence-electron chi connectivity index (χ0n) is 15.4. The van der Waals surface area contributed by atoms with Gasteiger partial charge < -0.3 is 16.0 Å². The lowest BCUT2D eigenvalue weighted by Crippen LogP contribution is -2.45. The van der Waals surface area contributed by atoms with Gasteiger partial charge in [-0.15, -0.1) is 0 Å². The molecule has 2 aromatic rings. The fraction of sp³-hybridized carbons (Fsp3) is 0.474. The number of hydrogen-bond donors (Lipinski definition) is 3. The minimum absolute atomic E-state index is 0.324. The highest BCUT2D eigenvalue weighted by atomic mass is 15.3. The molecular weight excluding hydrogens is 312 g/mol. The maximum absolute atomic E-state index is 4.31. The Hall–Kier alpha value is -2.50. The molecule has 0 spiro atoms. The molecule has 0 saturated carbocycles. The first-order valence-corrected chi connectivity index (χ1v) is 8.92. The van der Waals surface area contributed by atoms with Crippen molar-refractivity contribution in [3.8, 4) is 0 Å². The molecule has 0 radical (unpaired) electrons. The molecule has 0 bridgehead atoms. The van der Waals surface area contributed by atoms with E-state index in [4.69, 9.17) is 0 Å². The SMILES string of the molecule is CN=C(NCCCn1cccn1)NCC(Nc1ccccc1)C(C)C. The number of benzene rings is 1. The summed E-state index contributed by atoms with van der Waals surface area (Å²) in [4.78, 5) is 4.31. The molecule has 0 saturated heterocycles. The molecule has 0 aliphatic rings. The lowest BCUT2D eigenvalue weighted by molar-refractivity contribution is 0.511. The standard InChI is InChI=1S/C19H30N6/c1-16(2)18(24-17-9-5-4-6-10-17)15-22-19(20-3)21-11-7-13-25-14-8-12-23-25/h4-6,8-10,12,14,16,18,24H,7,11,13,15H2,1-3H3,(H2,20,21,22). The van der Waals surface area contributed by atoms with E-state index in [1.54, 1.807) is 13.2 Å². The van der Waals surface area contributed by atoms with Gasteiger partial charge in [-0.25, -0.2) is 0 Å². The Morgan fingerprint density at radius 2 is 1.96 bits per heavy atom. The van der Waals surface area contributed by atoms with Gasteiger partial charge in [0, 0.05) is 50.8 Å². The largest absolute Gasteiger partial charge is 0.380 e. The number of aliphatic imine (C=N–C) groups is 1. The molecule has 6 heteroatoms. The summed E-state index contributed by atoms with van der Waals surface area (Å²) >= 11 is 0. The molecule has 25 heavy (non-hydrogen) atoms. The third kappa shape index (κ3) is 6.87. The zero-order valence-corrected chi connectivity index (χ0v) is 15.4. The van der Waals surface area contributed by atoms with E-state index in [2.05, 4.69) is 52.0 Å². The molecule has 0 fully saturated rings. The van der Waals surface area contributed by atoms with Crippen molar-refractivity contribution in [1.29, 1.82) is 0 Å². The van der Waals surface area contributed by atoms with E-state index in [0.717, 1.165) is 37.7 Å². The molecule has 1 unspecified atom stereocenters. The van der Waals surface area contributed by atoms with Crippen molar-refractivity contribution in [1.82, 2.24) is 20.4 Å². The van der Waals surface area contributed by atoms with Crippen LogP contribution < -0.4 is 16.0 Å². The van der Waals surface area contributed by atoms with E-state index in [0.29, 0.717) is 12.0 Å². The Morgan fingerprint density at radius 3 is 2.60 bits per heavy atom. The fourth-order valence-electron chi connectivity index (χ4n) is 2.51. The van der Waals surface area contributed by atoms with Crippen LogP contribution in [0.25, 0.3) is 0 Å². The minimum Gasteiger partial charge on any atom is -0.380 e. The van der Waals surface area contributed by atoms with Gasteiger partial charge in [-0.05, 0) is 30.5 Å². The molecular formula is C19H30N6. The molecule has 0 amide bonds. The van der Waals surface area contributed by atoms with Crippen LogP contribution in [-0.4, -0.2) is 41.9 Å². The lowest BCUT2D eigenvalue weighted by atomic mass is 10.0. The molecule has 136 valence electrons. The van der Waals surface area contributed by atoms with Crippen LogP contribution in [0.15, 0.2) is 53.8 Å². The first kappa shape index (κ1) is 18.8. The van der Waals surface area contributed by atoms with Crippen LogP contribution in [0.1, 0.15) is 20.3 Å². The monoisotopic (exact) mass is 342 g/mol. The molecule has 1 aromatic heterocycles. The number of anilines is 1. The van der Waals surface area contributed by atoms with Gasteiger partial charge in [-0.3, -0.25) is 9.67 Å². The van der Waals surface area contributed by atoms with E-state index >= 15 is 0 Å². The number of rotatable bonds is 9. The maximum Gasteiger partial charge on any atom is 0.191 e. The second-order valence-corrected chi connectivity index (χ2v) is 6.36. The van der Waals surface area contributed by atoms with Gasteiger partial charge in [-0.1, -0.05) is 32.0 Å². The van der Waals surface area contributed by atoms with Crippen LogP contribution in [-0.2, 0) is 6.54 Å². The average molecular weight is 342 g/mol. The van der Waals surface area contributed by atoms with Crippen molar-refractivity contribution in [2.45, 2.75) is 32.9 Å². The van der Waals surface area contributed by atoms with Crippen molar-refractivity contribution < 1.29 is 0 Å². The smallest absolute Gasteiger partial charge is 0.191 e. The maximum atomic E-state index is 4.31. The third-order valence-electron chi connectivity index (χ3n) is 4.06. The summed E-state index contributed by atoms with van der Waals surface area (Å²) in [5, 5.41) is 14.6. The highest BCUT2D eigenvalue weighted by Crippen LogP contribution is 2.11. The van der Waals surface area contributed by atoms with Crippen molar-refractivity contribution in [3.63, 3.8) is 0 Å². The van der Waals surface area contributed by atoms with Gasteiger partial charge >= 0.3 is 0 Å². The predicted molar refractivity (Wildman–Crippen MR) is 105 cm³/mol. The number of nitrogens with one attached hydrogen (secondary N) is 3. The Balaban J connectivity index is 1.73. The third-order valence-corrected chi connectivity index (χ3v) is 4.06. The molecule has 1 aromatic carbocycles. The second kappa shape index (κ2) is 10.4. The summed E-state index contributed by atoms with van der Waals surface area (Å²) in [6, 6.07) is 12.6. The molecule has 6 nitrogen and oxygen atoms in total. The van der Waals surface area contributed by atoms with Crippen molar-refractivity contribution in [3.05, 3.63) is 48.8 Å². The molecule has 0 aliphatic heterocycles. The number of hydrogen-bond acceptors (Lipinski definition) is 3. The quantitative estimate of drug-likeness (QED) is 0.372. The van der Waals surface area contributed by atoms with Gasteiger partial charge in [0.1, 0.15) is 0 Å². The normalized spacial score (nSPS) is 12.9. The Morgan fingerprint density at radius 1 is 1.16 bits per heavy atom. The van der Waals surface area contributed by atoms with Crippen LogP contribution in [0.4, 0.5) is 5.69 Å². The molecule has 0 aliphatic carbocycles. The topological polar surface area (TPSA) is 66.3 Å². The van der Waals surface area contributed by atoms with Crippen LogP contribution in [0.3, 0.4) is 0 Å². The first-order chi connectivity index (χ1) is 12.2. The summed E-state index contributed by atoms with van der Waals surface area (Å²) in [5.74, 6) is 1.34. The van der Waals surface area contributed by atoms with Gasteiger partial charge in [0.25, 0.3) is 0 Å². The van der Waals surface area contributed by atoms with E-state index < -0.39 is 0 Å². The number of aromatic nitrogens is 2. The van der Waals surface area contributed by atoms with E-state index in [1.165, 1.54) is 0 Å². The summed E-state index contributed by atoms with van der Waals surface area (Å²) in [5.41, 5.74) is 1.14. The number of aryl methyl sites for hydroxylation is 1. The number of para-hydroxylation sites is 1. The first-order valence-electron chi connectivity index (χ1n) is 8.92. The summed E-state index contributed by atoms with van der Waals surface area (Å²) in [6.07, 6.45) is 4.79. The van der Waals surface area contributed by atoms with E-state index in [1.807, 2.05) is 35.1 Å². The minimum atomic E-state index is 0.324. The van der Waals surface area contributed by atoms with Crippen LogP contribution in [0.2, 0.25) is 0 Å². The highest BCUT2D eigenvalue weighted by molar-refractivity contribution is 5.79. The van der Waals surface area contributed by atoms with Gasteiger partial charge in [0.05, 0.1) is 0 Å². The summed E-state index contributed by atoms with van der Waals surface area (Å²) < 4.78 is 1.94. The zero-order chi connectivity index (χ0) is 17.9. The van der Waals surface area contributed by atoms with Crippen LogP contribution in [0, 0.1) is 5.92 Å². The summed E-state index contributed by atoms with van der Waals surface area (Å²) in [7, 11) is 1.80. The number of nitrogens with zero attached hydrogens (tertiary/aromatic N) is 3. The summed E-state index contributed by atoms with van der Waals surface area (Å²) in [6.45, 7) is 7.02. The lowest BCUT2D eigenvalue weighted by Gasteiger charge is -2.25. The van der Waals surface area contributed by atoms with Gasteiger partial charge in [0.2, 0.25) is 0 Å². The fourth-order valence-corrected chi connectivity index (χ4v) is 2.51. The van der Waals surface area contributed by atoms with Crippen molar-refractivity contribution in [2.24, 2.45) is 10.9 Å². The van der Waals surface area contributed by atoms with Crippen LogP contribution in [0.5, 0.6) is 0 Å². The van der Waals surface area contributed by atoms with Crippen LogP contribution >= 0.6 is 0 Å². The molecule has 1 atom stereocenters. The Kier molecular flexibility index (Phi) is 7.82. The van der Waals surface area contributed by atoms with Crippen molar-refractivity contribution >= 4 is 11.6 Å². The highest BCUT2D eigenvalue weighted by Gasteiger charge is 2.13. The Labute approximate surface area is 150 Å². The predicted octanol–water partition coefficient (Wildman–Crippen LogP) is 2.57. The second-order valence-electron chi connectivity index (χ2n) is 6.36. The van der Waals surface area contributed by atoms with Crippen molar-refractivity contribution in [2.75, 3.05) is 25.5 Å². The molecule has 2 rings (SSSR count). The van der Waals surface area contributed by atoms with E-state index in [-0.39, 0.29) is 0 Å².